The molecule has 1 saturated heterocycles. The molecule has 1 heterocycles. The minimum Gasteiger partial charge on any atom is -0.388 e. The molecule has 1 aromatic rings. The third-order valence-electron chi connectivity index (χ3n) is 2.91. The second-order valence-electron chi connectivity index (χ2n) is 4.13. The molecule has 15 heavy (non-hydrogen) atoms. The molecule has 0 aliphatic carbocycles. The number of hydrogen-bond acceptors (Lipinski definition) is 2. The Labute approximate surface area is 90.3 Å². The van der Waals surface area contributed by atoms with E-state index < -0.39 is 5.60 Å². The fourth-order valence-electron chi connectivity index (χ4n) is 2.05. The summed E-state index contributed by atoms with van der Waals surface area (Å²) in [5, 5.41) is 13.4. The van der Waals surface area contributed by atoms with Crippen molar-refractivity contribution in [3.63, 3.8) is 0 Å². The first-order valence-electron chi connectivity index (χ1n) is 5.21. The van der Waals surface area contributed by atoms with Gasteiger partial charge in [-0.15, -0.1) is 6.42 Å². The number of hydrogen-bond donors (Lipinski definition) is 2. The molecule has 1 unspecified atom stereocenters. The fourth-order valence-corrected chi connectivity index (χ4v) is 2.05. The Morgan fingerprint density at radius 2 is 2.27 bits per heavy atom. The van der Waals surface area contributed by atoms with Gasteiger partial charge in [-0.3, -0.25) is 0 Å². The lowest BCUT2D eigenvalue weighted by atomic mass is 9.91. The van der Waals surface area contributed by atoms with Gasteiger partial charge in [0.2, 0.25) is 0 Å². The van der Waals surface area contributed by atoms with E-state index in [9.17, 15) is 5.11 Å². The van der Waals surface area contributed by atoms with Crippen molar-refractivity contribution >= 4 is 0 Å². The van der Waals surface area contributed by atoms with Crippen LogP contribution in [0, 0.1) is 12.3 Å². The highest BCUT2D eigenvalue weighted by atomic mass is 16.3. The highest BCUT2D eigenvalue weighted by Crippen LogP contribution is 2.22. The molecule has 0 aromatic heterocycles. The van der Waals surface area contributed by atoms with E-state index in [0.29, 0.717) is 13.0 Å². The van der Waals surface area contributed by atoms with Crippen LogP contribution in [0.4, 0.5) is 0 Å². The Kier molecular flexibility index (Phi) is 2.77. The van der Waals surface area contributed by atoms with E-state index in [4.69, 9.17) is 6.42 Å². The number of β-amino-alcohol motifs (C(OH)–C–C–N with tert-alkyl or cyclic N) is 1. The van der Waals surface area contributed by atoms with E-state index in [1.54, 1.807) is 0 Å². The molecule has 0 saturated carbocycles. The molecule has 1 fully saturated rings. The van der Waals surface area contributed by atoms with Gasteiger partial charge in [0.15, 0.2) is 0 Å². The molecule has 1 aromatic carbocycles. The molecule has 0 amide bonds. The second kappa shape index (κ2) is 4.06. The summed E-state index contributed by atoms with van der Waals surface area (Å²) in [5.41, 5.74) is 1.33. The number of benzene rings is 1. The summed E-state index contributed by atoms with van der Waals surface area (Å²) in [6, 6.07) is 7.80. The zero-order chi connectivity index (χ0) is 10.7. The SMILES string of the molecule is C#Cc1ccccc1CC1(O)CCNC1. The van der Waals surface area contributed by atoms with Crippen molar-refractivity contribution in [1.29, 1.82) is 0 Å². The summed E-state index contributed by atoms with van der Waals surface area (Å²) in [5.74, 6) is 2.66. The Balaban J connectivity index is 2.20. The third kappa shape index (κ3) is 2.20. The van der Waals surface area contributed by atoms with Crippen LogP contribution in [0.3, 0.4) is 0 Å². The maximum absolute atomic E-state index is 10.2. The Morgan fingerprint density at radius 1 is 1.47 bits per heavy atom. The van der Waals surface area contributed by atoms with E-state index in [2.05, 4.69) is 11.2 Å². The summed E-state index contributed by atoms with van der Waals surface area (Å²) in [4.78, 5) is 0. The topological polar surface area (TPSA) is 32.3 Å². The average molecular weight is 201 g/mol. The van der Waals surface area contributed by atoms with Crippen LogP contribution in [0.15, 0.2) is 24.3 Å². The van der Waals surface area contributed by atoms with Crippen LogP contribution >= 0.6 is 0 Å². The number of nitrogens with one attached hydrogen (secondary N) is 1. The Hall–Kier alpha value is -1.30. The van der Waals surface area contributed by atoms with E-state index in [1.165, 1.54) is 0 Å². The van der Waals surface area contributed by atoms with Gasteiger partial charge in [-0.05, 0) is 24.6 Å². The summed E-state index contributed by atoms with van der Waals surface area (Å²) >= 11 is 0. The molecule has 0 bridgehead atoms. The quantitative estimate of drug-likeness (QED) is 0.698. The van der Waals surface area contributed by atoms with Gasteiger partial charge in [0.25, 0.3) is 0 Å². The van der Waals surface area contributed by atoms with Gasteiger partial charge < -0.3 is 10.4 Å². The molecule has 1 aliphatic heterocycles. The van der Waals surface area contributed by atoms with Gasteiger partial charge >= 0.3 is 0 Å². The molecular formula is C13H15NO. The third-order valence-corrected chi connectivity index (χ3v) is 2.91. The molecule has 2 rings (SSSR count). The van der Waals surface area contributed by atoms with E-state index in [0.717, 1.165) is 24.1 Å². The van der Waals surface area contributed by atoms with Crippen LogP contribution in [0.1, 0.15) is 17.5 Å². The standard InChI is InChI=1S/C13H15NO/c1-2-11-5-3-4-6-12(11)9-13(15)7-8-14-10-13/h1,3-6,14-15H,7-10H2. The zero-order valence-corrected chi connectivity index (χ0v) is 8.66. The highest BCUT2D eigenvalue weighted by molar-refractivity contribution is 5.40. The van der Waals surface area contributed by atoms with Crippen molar-refractivity contribution in [2.24, 2.45) is 0 Å². The first kappa shape index (κ1) is 10.2. The van der Waals surface area contributed by atoms with Crippen molar-refractivity contribution in [3.05, 3.63) is 35.4 Å². The first-order valence-corrected chi connectivity index (χ1v) is 5.21. The van der Waals surface area contributed by atoms with Gasteiger partial charge in [-0.1, -0.05) is 24.1 Å². The van der Waals surface area contributed by atoms with Crippen LogP contribution in [-0.4, -0.2) is 23.8 Å². The number of aliphatic hydroxyl groups is 1. The predicted octanol–water partition coefficient (Wildman–Crippen LogP) is 0.935. The minimum atomic E-state index is -0.618. The summed E-state index contributed by atoms with van der Waals surface area (Å²) in [6.07, 6.45) is 6.86. The van der Waals surface area contributed by atoms with Gasteiger partial charge in [-0.25, -0.2) is 0 Å². The molecule has 1 atom stereocenters. The van der Waals surface area contributed by atoms with Crippen LogP contribution in [0.25, 0.3) is 0 Å². The van der Waals surface area contributed by atoms with E-state index >= 15 is 0 Å². The van der Waals surface area contributed by atoms with Crippen molar-refractivity contribution in [2.45, 2.75) is 18.4 Å². The van der Waals surface area contributed by atoms with Gasteiger partial charge in [-0.2, -0.15) is 0 Å². The maximum Gasteiger partial charge on any atom is 0.0824 e. The summed E-state index contributed by atoms with van der Waals surface area (Å²) in [6.45, 7) is 1.54. The monoisotopic (exact) mass is 201 g/mol. The number of rotatable bonds is 2. The molecule has 0 spiro atoms. The second-order valence-corrected chi connectivity index (χ2v) is 4.13. The Bertz CT molecular complexity index is 386. The summed E-state index contributed by atoms with van der Waals surface area (Å²) < 4.78 is 0. The van der Waals surface area contributed by atoms with Crippen LogP contribution in [0.2, 0.25) is 0 Å². The van der Waals surface area contributed by atoms with Crippen LogP contribution in [-0.2, 0) is 6.42 Å². The lowest BCUT2D eigenvalue weighted by Crippen LogP contribution is -2.34. The fraction of sp³-hybridized carbons (Fsp3) is 0.385. The molecule has 2 heteroatoms. The summed E-state index contributed by atoms with van der Waals surface area (Å²) in [7, 11) is 0. The Morgan fingerprint density at radius 3 is 2.93 bits per heavy atom. The smallest absolute Gasteiger partial charge is 0.0824 e. The van der Waals surface area contributed by atoms with E-state index in [1.807, 2.05) is 24.3 Å². The molecule has 78 valence electrons. The van der Waals surface area contributed by atoms with Crippen molar-refractivity contribution in [3.8, 4) is 12.3 Å². The molecule has 1 aliphatic rings. The van der Waals surface area contributed by atoms with Crippen molar-refractivity contribution in [2.75, 3.05) is 13.1 Å². The van der Waals surface area contributed by atoms with Gasteiger partial charge in [0, 0.05) is 18.5 Å². The average Bonchev–Trinajstić information content (AvgIpc) is 2.66. The molecule has 2 nitrogen and oxygen atoms in total. The van der Waals surface area contributed by atoms with Gasteiger partial charge in [0.1, 0.15) is 0 Å². The first-order chi connectivity index (χ1) is 7.23. The molecular weight excluding hydrogens is 186 g/mol. The predicted molar refractivity (Wildman–Crippen MR) is 60.5 cm³/mol. The van der Waals surface area contributed by atoms with E-state index in [-0.39, 0.29) is 0 Å². The lowest BCUT2D eigenvalue weighted by Gasteiger charge is -2.21. The number of terminal acetylenes is 1. The van der Waals surface area contributed by atoms with Crippen molar-refractivity contribution < 1.29 is 5.11 Å². The van der Waals surface area contributed by atoms with Crippen LogP contribution < -0.4 is 5.32 Å². The largest absolute Gasteiger partial charge is 0.388 e. The van der Waals surface area contributed by atoms with Crippen molar-refractivity contribution in [1.82, 2.24) is 5.32 Å². The van der Waals surface area contributed by atoms with Gasteiger partial charge in [0.05, 0.1) is 5.60 Å². The molecule has 2 N–H and O–H groups in total. The lowest BCUT2D eigenvalue weighted by molar-refractivity contribution is 0.0618. The maximum atomic E-state index is 10.2. The highest BCUT2D eigenvalue weighted by Gasteiger charge is 2.31. The van der Waals surface area contributed by atoms with Crippen LogP contribution in [0.5, 0.6) is 0 Å². The molecule has 0 radical (unpaired) electrons. The zero-order valence-electron chi connectivity index (χ0n) is 8.66. The minimum absolute atomic E-state index is 0.618. The normalized spacial score (nSPS) is 25.1.